The van der Waals surface area contributed by atoms with Crippen LogP contribution in [-0.2, 0) is 4.74 Å². The molecule has 0 bridgehead atoms. The third-order valence-corrected chi connectivity index (χ3v) is 4.35. The Morgan fingerprint density at radius 1 is 1.12 bits per heavy atom. The van der Waals surface area contributed by atoms with Gasteiger partial charge in [0.15, 0.2) is 0 Å². The molecule has 2 heterocycles. The molecule has 2 heteroatoms. The molecule has 0 radical (unpaired) electrons. The summed E-state index contributed by atoms with van der Waals surface area (Å²) in [5.74, 6) is 0.689. The van der Waals surface area contributed by atoms with E-state index in [0.29, 0.717) is 17.4 Å². The summed E-state index contributed by atoms with van der Waals surface area (Å²) in [7, 11) is 2.23. The van der Waals surface area contributed by atoms with Crippen molar-refractivity contribution in [1.29, 1.82) is 0 Å². The predicted octanol–water partition coefficient (Wildman–Crippen LogP) is 3.56. The van der Waals surface area contributed by atoms with Crippen molar-refractivity contribution in [3.8, 4) is 0 Å². The molecule has 102 valence electrons. The fraction of sp³-hybridized carbons (Fsp3) is 1.00. The smallest absolute Gasteiger partial charge is 0.0598 e. The molecule has 0 aromatic rings. The van der Waals surface area contributed by atoms with Gasteiger partial charge in [-0.1, -0.05) is 27.7 Å². The number of likely N-dealkylation sites (tertiary alicyclic amines) is 1. The first-order valence-electron chi connectivity index (χ1n) is 7.41. The van der Waals surface area contributed by atoms with Gasteiger partial charge in [-0.15, -0.1) is 0 Å². The minimum atomic E-state index is 0.523. The number of ether oxygens (including phenoxy) is 1. The number of rotatable bonds is 1. The quantitative estimate of drug-likeness (QED) is 0.696. The first kappa shape index (κ1) is 15.0. The molecule has 2 aliphatic heterocycles. The Morgan fingerprint density at radius 3 is 2.12 bits per heavy atom. The second-order valence-electron chi connectivity index (χ2n) is 5.94. The zero-order chi connectivity index (χ0) is 12.9. The van der Waals surface area contributed by atoms with Crippen LogP contribution in [0.15, 0.2) is 0 Å². The molecule has 0 aliphatic carbocycles. The largest absolute Gasteiger partial charge is 0.377 e. The van der Waals surface area contributed by atoms with Crippen molar-refractivity contribution in [1.82, 2.24) is 4.90 Å². The molecule has 2 nitrogen and oxygen atoms in total. The van der Waals surface area contributed by atoms with Crippen LogP contribution in [0, 0.1) is 11.3 Å². The zero-order valence-electron chi connectivity index (χ0n) is 12.5. The van der Waals surface area contributed by atoms with Gasteiger partial charge >= 0.3 is 0 Å². The molecule has 17 heavy (non-hydrogen) atoms. The van der Waals surface area contributed by atoms with Crippen molar-refractivity contribution >= 4 is 0 Å². The molecule has 2 saturated heterocycles. The van der Waals surface area contributed by atoms with E-state index >= 15 is 0 Å². The van der Waals surface area contributed by atoms with Crippen molar-refractivity contribution in [2.24, 2.45) is 11.3 Å². The summed E-state index contributed by atoms with van der Waals surface area (Å²) in [5.41, 5.74) is 0.540. The van der Waals surface area contributed by atoms with Crippen molar-refractivity contribution in [2.75, 3.05) is 26.7 Å². The van der Waals surface area contributed by atoms with Crippen LogP contribution >= 0.6 is 0 Å². The second-order valence-corrected chi connectivity index (χ2v) is 5.94. The molecule has 2 rings (SSSR count). The van der Waals surface area contributed by atoms with Crippen LogP contribution in [0.2, 0.25) is 0 Å². The summed E-state index contributed by atoms with van der Waals surface area (Å²) in [6.45, 7) is 12.1. The third-order valence-electron chi connectivity index (χ3n) is 4.35. The lowest BCUT2D eigenvalue weighted by atomic mass is 9.73. The van der Waals surface area contributed by atoms with Gasteiger partial charge in [0, 0.05) is 0 Å². The normalized spacial score (nSPS) is 28.9. The lowest BCUT2D eigenvalue weighted by Crippen LogP contribution is -2.45. The fourth-order valence-electron chi connectivity index (χ4n) is 2.90. The van der Waals surface area contributed by atoms with Crippen molar-refractivity contribution < 1.29 is 4.74 Å². The molecule has 0 aromatic carbocycles. The van der Waals surface area contributed by atoms with Crippen LogP contribution in [0.1, 0.15) is 53.4 Å². The Balaban J connectivity index is 0.000000686. The maximum atomic E-state index is 6.05. The van der Waals surface area contributed by atoms with E-state index in [2.05, 4.69) is 25.8 Å². The molecular weight excluding hydrogens is 210 g/mol. The van der Waals surface area contributed by atoms with Gasteiger partial charge in [0.05, 0.1) is 12.7 Å². The molecule has 1 unspecified atom stereocenters. The van der Waals surface area contributed by atoms with Crippen LogP contribution in [0.3, 0.4) is 0 Å². The van der Waals surface area contributed by atoms with Crippen LogP contribution in [0.4, 0.5) is 0 Å². The number of nitrogens with zero attached hydrogens (tertiary/aromatic N) is 1. The lowest BCUT2D eigenvalue weighted by Gasteiger charge is -2.45. The highest BCUT2D eigenvalue weighted by Gasteiger charge is 2.38. The van der Waals surface area contributed by atoms with Gasteiger partial charge in [-0.3, -0.25) is 0 Å². The average molecular weight is 241 g/mol. The summed E-state index contributed by atoms with van der Waals surface area (Å²) in [6, 6.07) is 0. The number of hydrogen-bond acceptors (Lipinski definition) is 2. The third kappa shape index (κ3) is 3.96. The van der Waals surface area contributed by atoms with Crippen LogP contribution in [-0.4, -0.2) is 37.7 Å². The van der Waals surface area contributed by atoms with E-state index in [1.165, 1.54) is 38.8 Å². The molecule has 1 spiro atoms. The van der Waals surface area contributed by atoms with Gasteiger partial charge in [-0.05, 0) is 57.2 Å². The maximum Gasteiger partial charge on any atom is 0.0598 e. The standard InChI is InChI=1S/C13H25NO.C2H6/c1-11(2)12-4-5-13(10-15-12)6-8-14(3)9-7-13;1-2/h11-12H,4-10H2,1-3H3;1-2H3. The van der Waals surface area contributed by atoms with Gasteiger partial charge in [-0.2, -0.15) is 0 Å². The van der Waals surface area contributed by atoms with Crippen molar-refractivity contribution in [3.63, 3.8) is 0 Å². The van der Waals surface area contributed by atoms with Crippen LogP contribution in [0.5, 0.6) is 0 Å². The highest BCUT2D eigenvalue weighted by molar-refractivity contribution is 4.89. The van der Waals surface area contributed by atoms with Crippen LogP contribution in [0.25, 0.3) is 0 Å². The number of piperidine rings is 1. The highest BCUT2D eigenvalue weighted by atomic mass is 16.5. The lowest BCUT2D eigenvalue weighted by molar-refractivity contribution is -0.0988. The van der Waals surface area contributed by atoms with E-state index in [9.17, 15) is 0 Å². The Kier molecular flexibility index (Phi) is 5.94. The topological polar surface area (TPSA) is 12.5 Å². The van der Waals surface area contributed by atoms with E-state index in [-0.39, 0.29) is 0 Å². The SMILES string of the molecule is CC.CC(C)C1CCC2(CCN(C)CC2)CO1. The Labute approximate surface area is 108 Å². The van der Waals surface area contributed by atoms with Crippen LogP contribution < -0.4 is 0 Å². The molecule has 0 saturated carbocycles. The zero-order valence-corrected chi connectivity index (χ0v) is 12.5. The van der Waals surface area contributed by atoms with Gasteiger partial charge in [0.1, 0.15) is 0 Å². The molecule has 0 N–H and O–H groups in total. The molecule has 1 atom stereocenters. The fourth-order valence-corrected chi connectivity index (χ4v) is 2.90. The van der Waals surface area contributed by atoms with Gasteiger partial charge in [0.2, 0.25) is 0 Å². The van der Waals surface area contributed by atoms with E-state index in [1.807, 2.05) is 13.8 Å². The minimum Gasteiger partial charge on any atom is -0.377 e. The summed E-state index contributed by atoms with van der Waals surface area (Å²) in [5, 5.41) is 0. The molecular formula is C15H31NO. The average Bonchev–Trinajstić information content (AvgIpc) is 2.36. The first-order valence-corrected chi connectivity index (χ1v) is 7.41. The first-order chi connectivity index (χ1) is 8.11. The Bertz CT molecular complexity index is 197. The maximum absolute atomic E-state index is 6.05. The van der Waals surface area contributed by atoms with Crippen molar-refractivity contribution in [3.05, 3.63) is 0 Å². The second kappa shape index (κ2) is 6.75. The summed E-state index contributed by atoms with van der Waals surface area (Å²) >= 11 is 0. The highest BCUT2D eigenvalue weighted by Crippen LogP contribution is 2.41. The Hall–Kier alpha value is -0.0800. The van der Waals surface area contributed by atoms with E-state index in [1.54, 1.807) is 0 Å². The van der Waals surface area contributed by atoms with Crippen molar-refractivity contribution in [2.45, 2.75) is 59.5 Å². The minimum absolute atomic E-state index is 0.523. The molecule has 2 fully saturated rings. The van der Waals surface area contributed by atoms with Gasteiger partial charge in [0.25, 0.3) is 0 Å². The summed E-state index contributed by atoms with van der Waals surface area (Å²) in [6.07, 6.45) is 5.88. The molecule has 0 aromatic heterocycles. The monoisotopic (exact) mass is 241 g/mol. The number of hydrogen-bond donors (Lipinski definition) is 0. The summed E-state index contributed by atoms with van der Waals surface area (Å²) in [4.78, 5) is 2.44. The summed E-state index contributed by atoms with van der Waals surface area (Å²) < 4.78 is 6.05. The molecule has 2 aliphatic rings. The Morgan fingerprint density at radius 2 is 1.71 bits per heavy atom. The van der Waals surface area contributed by atoms with Gasteiger partial charge < -0.3 is 9.64 Å². The predicted molar refractivity (Wildman–Crippen MR) is 74.3 cm³/mol. The van der Waals surface area contributed by atoms with E-state index < -0.39 is 0 Å². The molecule has 0 amide bonds. The van der Waals surface area contributed by atoms with Gasteiger partial charge in [-0.25, -0.2) is 0 Å². The van der Waals surface area contributed by atoms with E-state index in [0.717, 1.165) is 6.61 Å². The van der Waals surface area contributed by atoms with E-state index in [4.69, 9.17) is 4.74 Å².